The molecule has 1 fully saturated rings. The van der Waals surface area contributed by atoms with Gasteiger partial charge in [0.05, 0.1) is 6.61 Å². The Balaban J connectivity index is 1.76. The Morgan fingerprint density at radius 2 is 2.00 bits per heavy atom. The lowest BCUT2D eigenvalue weighted by molar-refractivity contribution is 0.0146. The van der Waals surface area contributed by atoms with Crippen LogP contribution in [-0.4, -0.2) is 46.1 Å². The van der Waals surface area contributed by atoms with Crippen LogP contribution in [0.5, 0.6) is 0 Å². The highest BCUT2D eigenvalue weighted by Crippen LogP contribution is 2.40. The first-order valence-electron chi connectivity index (χ1n) is 8.73. The van der Waals surface area contributed by atoms with Gasteiger partial charge in [-0.15, -0.1) is 0 Å². The second-order valence-corrected chi connectivity index (χ2v) is 7.94. The SMILES string of the molecule is CN(CC1(CO)CCC1)C(=O)c1cnc(Cc2c(Cl)cccc2Cl)[nH]c1=O. The molecule has 1 amide bonds. The number of aliphatic hydroxyl groups excluding tert-OH is 1. The van der Waals surface area contributed by atoms with E-state index in [9.17, 15) is 14.7 Å². The minimum absolute atomic E-state index is 0.0288. The third kappa shape index (κ3) is 4.18. The number of aliphatic hydroxyl groups is 1. The number of nitrogens with one attached hydrogen (secondary N) is 1. The number of carbonyl (C=O) groups is 1. The van der Waals surface area contributed by atoms with Crippen molar-refractivity contribution in [2.45, 2.75) is 25.7 Å². The van der Waals surface area contributed by atoms with Gasteiger partial charge in [-0.3, -0.25) is 9.59 Å². The van der Waals surface area contributed by atoms with Gasteiger partial charge in [-0.25, -0.2) is 4.98 Å². The van der Waals surface area contributed by atoms with Crippen molar-refractivity contribution in [1.29, 1.82) is 0 Å². The first-order chi connectivity index (χ1) is 12.8. The molecule has 2 aromatic rings. The summed E-state index contributed by atoms with van der Waals surface area (Å²) in [6, 6.07) is 5.17. The number of amides is 1. The molecule has 0 atom stereocenters. The molecule has 0 bridgehead atoms. The van der Waals surface area contributed by atoms with Crippen molar-refractivity contribution in [3.63, 3.8) is 0 Å². The second-order valence-electron chi connectivity index (χ2n) is 7.12. The third-order valence-electron chi connectivity index (χ3n) is 5.16. The summed E-state index contributed by atoms with van der Waals surface area (Å²) in [6.45, 7) is 0.454. The van der Waals surface area contributed by atoms with Crippen molar-refractivity contribution in [3.8, 4) is 0 Å². The maximum absolute atomic E-state index is 12.6. The lowest BCUT2D eigenvalue weighted by Crippen LogP contribution is -2.46. The van der Waals surface area contributed by atoms with Crippen LogP contribution in [0.2, 0.25) is 10.0 Å². The molecule has 1 heterocycles. The van der Waals surface area contributed by atoms with Crippen molar-refractivity contribution in [2.24, 2.45) is 5.41 Å². The maximum atomic E-state index is 12.6. The van der Waals surface area contributed by atoms with E-state index >= 15 is 0 Å². The van der Waals surface area contributed by atoms with Gasteiger partial charge in [0, 0.05) is 41.7 Å². The highest BCUT2D eigenvalue weighted by molar-refractivity contribution is 6.36. The fraction of sp³-hybridized carbons (Fsp3) is 0.421. The Morgan fingerprint density at radius 1 is 1.33 bits per heavy atom. The normalized spacial score (nSPS) is 15.3. The minimum atomic E-state index is -0.508. The molecule has 6 nitrogen and oxygen atoms in total. The van der Waals surface area contributed by atoms with Gasteiger partial charge in [0.15, 0.2) is 0 Å². The molecular formula is C19H21Cl2N3O3. The molecule has 0 aliphatic heterocycles. The van der Waals surface area contributed by atoms with E-state index in [1.54, 1.807) is 25.2 Å². The van der Waals surface area contributed by atoms with Gasteiger partial charge in [0.2, 0.25) is 0 Å². The summed E-state index contributed by atoms with van der Waals surface area (Å²) in [5.41, 5.74) is -0.119. The molecular weight excluding hydrogens is 389 g/mol. The number of aromatic nitrogens is 2. The summed E-state index contributed by atoms with van der Waals surface area (Å²) in [5.74, 6) is -0.0363. The summed E-state index contributed by atoms with van der Waals surface area (Å²) in [7, 11) is 1.63. The van der Waals surface area contributed by atoms with E-state index in [-0.39, 0.29) is 24.0 Å². The first kappa shape index (κ1) is 19.9. The van der Waals surface area contributed by atoms with Crippen LogP contribution in [0.4, 0.5) is 0 Å². The summed E-state index contributed by atoms with van der Waals surface area (Å²) in [6.07, 6.45) is 4.35. The number of rotatable bonds is 6. The molecule has 0 radical (unpaired) electrons. The molecule has 0 unspecified atom stereocenters. The maximum Gasteiger partial charge on any atom is 0.263 e. The number of carbonyl (C=O) groups excluding carboxylic acids is 1. The predicted octanol–water partition coefficient (Wildman–Crippen LogP) is 2.90. The summed E-state index contributed by atoms with van der Waals surface area (Å²) in [5, 5.41) is 10.5. The lowest BCUT2D eigenvalue weighted by Gasteiger charge is -2.42. The molecule has 2 N–H and O–H groups in total. The van der Waals surface area contributed by atoms with Crippen LogP contribution in [0.1, 0.15) is 41.0 Å². The van der Waals surface area contributed by atoms with E-state index < -0.39 is 11.5 Å². The largest absolute Gasteiger partial charge is 0.396 e. The predicted molar refractivity (Wildman–Crippen MR) is 104 cm³/mol. The number of halogens is 2. The quantitative estimate of drug-likeness (QED) is 0.767. The first-order valence-corrected chi connectivity index (χ1v) is 9.48. The van der Waals surface area contributed by atoms with Gasteiger partial charge >= 0.3 is 0 Å². The van der Waals surface area contributed by atoms with E-state index in [2.05, 4.69) is 9.97 Å². The summed E-state index contributed by atoms with van der Waals surface area (Å²) < 4.78 is 0. The summed E-state index contributed by atoms with van der Waals surface area (Å²) >= 11 is 12.3. The Hall–Kier alpha value is -1.89. The van der Waals surface area contributed by atoms with Crippen LogP contribution >= 0.6 is 23.2 Å². The van der Waals surface area contributed by atoms with E-state index in [1.165, 1.54) is 11.1 Å². The molecule has 144 valence electrons. The Labute approximate surface area is 167 Å². The molecule has 1 saturated carbocycles. The van der Waals surface area contributed by atoms with E-state index in [1.807, 2.05) is 0 Å². The molecule has 1 aromatic heterocycles. The number of benzene rings is 1. The van der Waals surface area contributed by atoms with Gasteiger partial charge in [0.25, 0.3) is 11.5 Å². The van der Waals surface area contributed by atoms with Crippen LogP contribution in [0.15, 0.2) is 29.2 Å². The van der Waals surface area contributed by atoms with Gasteiger partial charge in [-0.05, 0) is 30.5 Å². The Kier molecular flexibility index (Phi) is 5.89. The number of aromatic amines is 1. The van der Waals surface area contributed by atoms with Gasteiger partial charge in [-0.2, -0.15) is 0 Å². The standard InChI is InChI=1S/C19H21Cl2N3O3/c1-24(10-19(11-25)6-3-7-19)18(27)13-9-22-16(23-17(13)26)8-12-14(20)4-2-5-15(12)21/h2,4-5,9,25H,3,6-8,10-11H2,1H3,(H,22,23,26). The fourth-order valence-corrected chi connectivity index (χ4v) is 3.90. The van der Waals surface area contributed by atoms with Crippen LogP contribution in [0.25, 0.3) is 0 Å². The number of hydrogen-bond acceptors (Lipinski definition) is 4. The zero-order valence-corrected chi connectivity index (χ0v) is 16.5. The van der Waals surface area contributed by atoms with Gasteiger partial charge < -0.3 is 15.0 Å². The number of nitrogens with zero attached hydrogens (tertiary/aromatic N) is 2. The molecule has 8 heteroatoms. The molecule has 3 rings (SSSR count). The van der Waals surface area contributed by atoms with Crippen LogP contribution in [-0.2, 0) is 6.42 Å². The van der Waals surface area contributed by atoms with Crippen molar-refractivity contribution >= 4 is 29.1 Å². The summed E-state index contributed by atoms with van der Waals surface area (Å²) in [4.78, 5) is 33.3. The second kappa shape index (κ2) is 8.00. The van der Waals surface area contributed by atoms with E-state index in [0.717, 1.165) is 19.3 Å². The number of hydrogen-bond donors (Lipinski definition) is 2. The Bertz CT molecular complexity index is 884. The zero-order valence-electron chi connectivity index (χ0n) is 15.0. The van der Waals surface area contributed by atoms with Crippen molar-refractivity contribution in [1.82, 2.24) is 14.9 Å². The van der Waals surface area contributed by atoms with Crippen LogP contribution in [0.3, 0.4) is 0 Å². The zero-order chi connectivity index (χ0) is 19.6. The average Bonchev–Trinajstić information content (AvgIpc) is 2.61. The third-order valence-corrected chi connectivity index (χ3v) is 5.87. The molecule has 1 aliphatic carbocycles. The minimum Gasteiger partial charge on any atom is -0.396 e. The van der Waals surface area contributed by atoms with Gasteiger partial charge in [-0.1, -0.05) is 35.7 Å². The molecule has 27 heavy (non-hydrogen) atoms. The van der Waals surface area contributed by atoms with Crippen molar-refractivity contribution in [3.05, 3.63) is 61.7 Å². The average molecular weight is 410 g/mol. The number of H-pyrrole nitrogens is 1. The fourth-order valence-electron chi connectivity index (χ4n) is 3.37. The van der Waals surface area contributed by atoms with Crippen LogP contribution in [0, 0.1) is 5.41 Å². The van der Waals surface area contributed by atoms with E-state index in [4.69, 9.17) is 23.2 Å². The Morgan fingerprint density at radius 3 is 2.52 bits per heavy atom. The van der Waals surface area contributed by atoms with E-state index in [0.29, 0.717) is 28.0 Å². The molecule has 0 spiro atoms. The molecule has 1 aromatic carbocycles. The smallest absolute Gasteiger partial charge is 0.263 e. The molecule has 0 saturated heterocycles. The van der Waals surface area contributed by atoms with Crippen molar-refractivity contribution < 1.29 is 9.90 Å². The van der Waals surface area contributed by atoms with Crippen molar-refractivity contribution in [2.75, 3.05) is 20.2 Å². The highest BCUT2D eigenvalue weighted by atomic mass is 35.5. The lowest BCUT2D eigenvalue weighted by atomic mass is 9.69. The highest BCUT2D eigenvalue weighted by Gasteiger charge is 2.38. The monoisotopic (exact) mass is 409 g/mol. The topological polar surface area (TPSA) is 86.3 Å². The van der Waals surface area contributed by atoms with Gasteiger partial charge in [0.1, 0.15) is 11.4 Å². The van der Waals surface area contributed by atoms with Crippen LogP contribution < -0.4 is 5.56 Å². The molecule has 1 aliphatic rings.